The maximum Gasteiger partial charge on any atom is 0.253 e. The van der Waals surface area contributed by atoms with Gasteiger partial charge in [-0.05, 0) is 49.2 Å². The highest BCUT2D eigenvalue weighted by molar-refractivity contribution is 6.30. The van der Waals surface area contributed by atoms with Crippen molar-refractivity contribution in [2.75, 3.05) is 16.8 Å². The highest BCUT2D eigenvalue weighted by atomic mass is 35.5. The summed E-state index contributed by atoms with van der Waals surface area (Å²) in [7, 11) is 0. The van der Waals surface area contributed by atoms with Gasteiger partial charge < -0.3 is 15.3 Å². The molecule has 5 heteroatoms. The fraction of sp³-hybridized carbons (Fsp3) is 0.278. The summed E-state index contributed by atoms with van der Waals surface area (Å²) in [5.41, 5.74) is 2.82. The summed E-state index contributed by atoms with van der Waals surface area (Å²) in [6.45, 7) is 1.56. The van der Waals surface area contributed by atoms with Gasteiger partial charge in [-0.15, -0.1) is 0 Å². The van der Waals surface area contributed by atoms with E-state index in [9.17, 15) is 9.90 Å². The zero-order valence-corrected chi connectivity index (χ0v) is 13.6. The summed E-state index contributed by atoms with van der Waals surface area (Å²) in [5, 5.41) is 13.5. The first-order valence-electron chi connectivity index (χ1n) is 7.64. The van der Waals surface area contributed by atoms with Crippen molar-refractivity contribution in [2.24, 2.45) is 0 Å². The minimum Gasteiger partial charge on any atom is -0.387 e. The lowest BCUT2D eigenvalue weighted by molar-refractivity contribution is -0.121. The Morgan fingerprint density at radius 2 is 1.96 bits per heavy atom. The molecule has 4 nitrogen and oxygen atoms in total. The van der Waals surface area contributed by atoms with Crippen LogP contribution in [0.1, 0.15) is 24.9 Å². The number of benzene rings is 2. The van der Waals surface area contributed by atoms with Crippen molar-refractivity contribution >= 4 is 28.9 Å². The van der Waals surface area contributed by atoms with E-state index in [0.717, 1.165) is 23.4 Å². The van der Waals surface area contributed by atoms with Crippen LogP contribution in [0.2, 0.25) is 5.02 Å². The Morgan fingerprint density at radius 3 is 2.65 bits per heavy atom. The first-order valence-corrected chi connectivity index (χ1v) is 8.02. The van der Waals surface area contributed by atoms with E-state index >= 15 is 0 Å². The van der Waals surface area contributed by atoms with Gasteiger partial charge in [0.15, 0.2) is 0 Å². The monoisotopic (exact) mass is 330 g/mol. The third-order valence-electron chi connectivity index (χ3n) is 4.12. The number of aliphatic hydroxyl groups excluding tert-OH is 1. The largest absolute Gasteiger partial charge is 0.387 e. The van der Waals surface area contributed by atoms with Gasteiger partial charge in [0.1, 0.15) is 6.61 Å². The molecule has 0 spiro atoms. The summed E-state index contributed by atoms with van der Waals surface area (Å²) < 4.78 is 0. The van der Waals surface area contributed by atoms with Gasteiger partial charge in [0.25, 0.3) is 5.91 Å². The number of aliphatic hydroxyl groups is 1. The SMILES string of the molecule is CC1CC(N(C(=O)CO)c2ccc(Cl)cc2)c2ccccc2N1. The number of amides is 1. The zero-order valence-electron chi connectivity index (χ0n) is 12.9. The minimum atomic E-state index is -0.525. The minimum absolute atomic E-state index is 0.122. The predicted octanol–water partition coefficient (Wildman–Crippen LogP) is 3.61. The molecular formula is C18H19ClN2O2. The van der Waals surface area contributed by atoms with Crippen molar-refractivity contribution in [3.8, 4) is 0 Å². The third-order valence-corrected chi connectivity index (χ3v) is 4.37. The maximum atomic E-state index is 12.4. The molecule has 0 saturated heterocycles. The first kappa shape index (κ1) is 15.8. The smallest absolute Gasteiger partial charge is 0.253 e. The molecule has 2 atom stereocenters. The molecule has 2 aromatic rings. The molecule has 0 aliphatic carbocycles. The topological polar surface area (TPSA) is 52.6 Å². The summed E-state index contributed by atoms with van der Waals surface area (Å²) in [4.78, 5) is 14.1. The molecule has 2 N–H and O–H groups in total. The number of nitrogens with one attached hydrogen (secondary N) is 1. The van der Waals surface area contributed by atoms with Gasteiger partial charge in [0, 0.05) is 22.4 Å². The second kappa shape index (κ2) is 6.60. The van der Waals surface area contributed by atoms with E-state index in [0.29, 0.717) is 5.02 Å². The van der Waals surface area contributed by atoms with Crippen molar-refractivity contribution in [3.63, 3.8) is 0 Å². The van der Waals surface area contributed by atoms with E-state index in [-0.39, 0.29) is 18.0 Å². The molecule has 0 fully saturated rings. The van der Waals surface area contributed by atoms with E-state index in [1.54, 1.807) is 17.0 Å². The number of rotatable bonds is 3. The number of carbonyl (C=O) groups excluding carboxylic acids is 1. The summed E-state index contributed by atoms with van der Waals surface area (Å²) in [6.07, 6.45) is 0.769. The van der Waals surface area contributed by atoms with E-state index in [4.69, 9.17) is 11.6 Å². The van der Waals surface area contributed by atoms with Crippen molar-refractivity contribution < 1.29 is 9.90 Å². The standard InChI is InChI=1S/C18H19ClN2O2/c1-12-10-17(15-4-2-3-5-16(15)20-12)21(18(23)11-22)14-8-6-13(19)7-9-14/h2-9,12,17,20,22H,10-11H2,1H3. The lowest BCUT2D eigenvalue weighted by Crippen LogP contribution is -2.41. The van der Waals surface area contributed by atoms with Gasteiger partial charge in [-0.25, -0.2) is 0 Å². The van der Waals surface area contributed by atoms with Crippen LogP contribution < -0.4 is 10.2 Å². The molecule has 0 radical (unpaired) electrons. The Morgan fingerprint density at radius 1 is 1.26 bits per heavy atom. The van der Waals surface area contributed by atoms with Crippen LogP contribution in [0.15, 0.2) is 48.5 Å². The van der Waals surface area contributed by atoms with E-state index in [2.05, 4.69) is 12.2 Å². The van der Waals surface area contributed by atoms with Crippen LogP contribution in [-0.2, 0) is 4.79 Å². The lowest BCUT2D eigenvalue weighted by atomic mass is 9.92. The van der Waals surface area contributed by atoms with Crippen LogP contribution in [0.5, 0.6) is 0 Å². The van der Waals surface area contributed by atoms with Gasteiger partial charge in [-0.2, -0.15) is 0 Å². The molecule has 23 heavy (non-hydrogen) atoms. The molecule has 0 saturated carbocycles. The van der Waals surface area contributed by atoms with Gasteiger partial charge >= 0.3 is 0 Å². The number of hydrogen-bond donors (Lipinski definition) is 2. The van der Waals surface area contributed by atoms with Crippen molar-refractivity contribution in [3.05, 3.63) is 59.1 Å². The van der Waals surface area contributed by atoms with Crippen LogP contribution in [0.3, 0.4) is 0 Å². The van der Waals surface area contributed by atoms with Gasteiger partial charge in [-0.1, -0.05) is 29.8 Å². The number of carbonyl (C=O) groups is 1. The molecule has 2 aromatic carbocycles. The van der Waals surface area contributed by atoms with Crippen LogP contribution in [0, 0.1) is 0 Å². The van der Waals surface area contributed by atoms with Crippen LogP contribution >= 0.6 is 11.6 Å². The Hall–Kier alpha value is -2.04. The van der Waals surface area contributed by atoms with Crippen molar-refractivity contribution in [2.45, 2.75) is 25.4 Å². The van der Waals surface area contributed by atoms with Gasteiger partial charge in [0.2, 0.25) is 0 Å². The first-order chi connectivity index (χ1) is 11.1. The van der Waals surface area contributed by atoms with Gasteiger partial charge in [-0.3, -0.25) is 4.79 Å². The summed E-state index contributed by atoms with van der Waals surface area (Å²) in [5.74, 6) is -0.318. The molecule has 0 aromatic heterocycles. The molecule has 2 unspecified atom stereocenters. The predicted molar refractivity (Wildman–Crippen MR) is 92.9 cm³/mol. The molecule has 1 heterocycles. The number of halogens is 1. The molecule has 1 aliphatic heterocycles. The number of fused-ring (bicyclic) bond motifs is 1. The fourth-order valence-corrected chi connectivity index (χ4v) is 3.25. The average Bonchev–Trinajstić information content (AvgIpc) is 2.56. The van der Waals surface area contributed by atoms with Crippen LogP contribution in [0.4, 0.5) is 11.4 Å². The quantitative estimate of drug-likeness (QED) is 0.904. The maximum absolute atomic E-state index is 12.4. The lowest BCUT2D eigenvalue weighted by Gasteiger charge is -2.38. The number of para-hydroxylation sites is 1. The third kappa shape index (κ3) is 3.19. The van der Waals surface area contributed by atoms with Crippen molar-refractivity contribution in [1.82, 2.24) is 0 Å². The number of nitrogens with zero attached hydrogens (tertiary/aromatic N) is 1. The van der Waals surface area contributed by atoms with E-state index < -0.39 is 6.61 Å². The molecular weight excluding hydrogens is 312 g/mol. The van der Waals surface area contributed by atoms with E-state index in [1.165, 1.54) is 0 Å². The Kier molecular flexibility index (Phi) is 4.55. The Balaban J connectivity index is 2.07. The Labute approximate surface area is 140 Å². The van der Waals surface area contributed by atoms with Gasteiger partial charge in [0.05, 0.1) is 6.04 Å². The number of anilines is 2. The molecule has 120 valence electrons. The van der Waals surface area contributed by atoms with Crippen molar-refractivity contribution in [1.29, 1.82) is 0 Å². The number of hydrogen-bond acceptors (Lipinski definition) is 3. The highest BCUT2D eigenvalue weighted by Gasteiger charge is 2.32. The normalized spacial score (nSPS) is 19.6. The fourth-order valence-electron chi connectivity index (χ4n) is 3.13. The molecule has 1 aliphatic rings. The second-order valence-electron chi connectivity index (χ2n) is 5.78. The molecule has 3 rings (SSSR count). The van der Waals surface area contributed by atoms with Crippen LogP contribution in [0.25, 0.3) is 0 Å². The van der Waals surface area contributed by atoms with E-state index in [1.807, 2.05) is 36.4 Å². The Bertz CT molecular complexity index is 702. The average molecular weight is 331 g/mol. The molecule has 0 bridgehead atoms. The summed E-state index contributed by atoms with van der Waals surface area (Å²) in [6, 6.07) is 15.2. The second-order valence-corrected chi connectivity index (χ2v) is 6.22. The summed E-state index contributed by atoms with van der Waals surface area (Å²) >= 11 is 5.96. The zero-order chi connectivity index (χ0) is 16.4. The molecule has 1 amide bonds. The highest BCUT2D eigenvalue weighted by Crippen LogP contribution is 2.39. The van der Waals surface area contributed by atoms with Crippen LogP contribution in [-0.4, -0.2) is 23.7 Å².